The number of amides is 1. The van der Waals surface area contributed by atoms with Crippen molar-refractivity contribution in [2.75, 3.05) is 18.2 Å². The molecule has 0 saturated carbocycles. The van der Waals surface area contributed by atoms with Gasteiger partial charge in [0.25, 0.3) is 5.91 Å². The van der Waals surface area contributed by atoms with Gasteiger partial charge in [-0.05, 0) is 30.3 Å². The highest BCUT2D eigenvalue weighted by Gasteiger charge is 2.11. The summed E-state index contributed by atoms with van der Waals surface area (Å²) in [7, 11) is 1.52. The maximum atomic E-state index is 12.0. The van der Waals surface area contributed by atoms with E-state index in [1.165, 1.54) is 13.3 Å². The Kier molecular flexibility index (Phi) is 3.87. The lowest BCUT2D eigenvalue weighted by Gasteiger charge is -2.08. The monoisotopic (exact) mass is 277 g/mol. The van der Waals surface area contributed by atoms with E-state index in [0.29, 0.717) is 22.1 Å². The highest BCUT2D eigenvalue weighted by Crippen LogP contribution is 2.27. The fourth-order valence-corrected chi connectivity index (χ4v) is 1.80. The topological polar surface area (TPSA) is 77.2 Å². The molecule has 19 heavy (non-hydrogen) atoms. The summed E-state index contributed by atoms with van der Waals surface area (Å²) >= 11 is 5.97. The van der Waals surface area contributed by atoms with Crippen LogP contribution < -0.4 is 15.8 Å². The largest absolute Gasteiger partial charge is 0.495 e. The second kappa shape index (κ2) is 5.58. The zero-order chi connectivity index (χ0) is 13.8. The summed E-state index contributed by atoms with van der Waals surface area (Å²) in [6.07, 6.45) is 1.51. The fourth-order valence-electron chi connectivity index (χ4n) is 1.54. The molecule has 0 aliphatic carbocycles. The Labute approximate surface area is 115 Å². The average molecular weight is 278 g/mol. The minimum atomic E-state index is -0.390. The van der Waals surface area contributed by atoms with E-state index in [1.54, 1.807) is 30.3 Å². The molecule has 0 aliphatic rings. The number of carbonyl (C=O) groups excluding carboxylic acids is 1. The van der Waals surface area contributed by atoms with Crippen molar-refractivity contribution in [1.82, 2.24) is 4.98 Å². The number of pyridine rings is 1. The molecule has 2 rings (SSSR count). The third-order valence-corrected chi connectivity index (χ3v) is 2.76. The molecule has 0 radical (unpaired) electrons. The summed E-state index contributed by atoms with van der Waals surface area (Å²) in [4.78, 5) is 15.9. The molecule has 1 heterocycles. The van der Waals surface area contributed by atoms with Crippen molar-refractivity contribution in [1.29, 1.82) is 0 Å². The molecule has 98 valence electrons. The van der Waals surface area contributed by atoms with Crippen LogP contribution in [0.3, 0.4) is 0 Å². The zero-order valence-corrected chi connectivity index (χ0v) is 10.9. The first kappa shape index (κ1) is 13.2. The normalized spacial score (nSPS) is 10.0. The second-order valence-corrected chi connectivity index (χ2v) is 4.15. The van der Waals surface area contributed by atoms with Gasteiger partial charge in [-0.25, -0.2) is 4.98 Å². The van der Waals surface area contributed by atoms with Crippen molar-refractivity contribution in [3.63, 3.8) is 0 Å². The van der Waals surface area contributed by atoms with E-state index in [9.17, 15) is 4.79 Å². The molecule has 5 nitrogen and oxygen atoms in total. The summed E-state index contributed by atoms with van der Waals surface area (Å²) in [5.41, 5.74) is 6.72. The van der Waals surface area contributed by atoms with Crippen LogP contribution in [0.2, 0.25) is 5.02 Å². The standard InChI is InChI=1S/C13H12ClN3O2/c1-19-11-5-4-8(7-9(11)14)17-13(18)12-10(15)3-2-6-16-12/h2-7H,15H2,1H3,(H,17,18). The fraction of sp³-hybridized carbons (Fsp3) is 0.0769. The number of anilines is 2. The Morgan fingerprint density at radius 2 is 2.21 bits per heavy atom. The Hall–Kier alpha value is -2.27. The number of rotatable bonds is 3. The van der Waals surface area contributed by atoms with Crippen LogP contribution in [0.15, 0.2) is 36.5 Å². The summed E-state index contributed by atoms with van der Waals surface area (Å²) in [5.74, 6) is 0.149. The van der Waals surface area contributed by atoms with E-state index in [0.717, 1.165) is 0 Å². The van der Waals surface area contributed by atoms with Crippen LogP contribution in [0.1, 0.15) is 10.5 Å². The lowest BCUT2D eigenvalue weighted by atomic mass is 10.2. The van der Waals surface area contributed by atoms with Crippen LogP contribution in [-0.4, -0.2) is 18.0 Å². The number of nitrogens with zero attached hydrogens (tertiary/aromatic N) is 1. The Morgan fingerprint density at radius 3 is 2.84 bits per heavy atom. The number of hydrogen-bond acceptors (Lipinski definition) is 4. The van der Waals surface area contributed by atoms with Crippen molar-refractivity contribution in [2.24, 2.45) is 0 Å². The summed E-state index contributed by atoms with van der Waals surface area (Å²) in [6.45, 7) is 0. The van der Waals surface area contributed by atoms with Gasteiger partial charge in [-0.1, -0.05) is 11.6 Å². The van der Waals surface area contributed by atoms with Crippen LogP contribution in [0.4, 0.5) is 11.4 Å². The number of aromatic nitrogens is 1. The maximum absolute atomic E-state index is 12.0. The van der Waals surface area contributed by atoms with Crippen LogP contribution in [0.25, 0.3) is 0 Å². The first-order valence-electron chi connectivity index (χ1n) is 5.47. The molecule has 2 aromatic rings. The van der Waals surface area contributed by atoms with Crippen molar-refractivity contribution in [3.8, 4) is 5.75 Å². The molecule has 1 aromatic heterocycles. The van der Waals surface area contributed by atoms with Crippen molar-refractivity contribution < 1.29 is 9.53 Å². The molecule has 0 aliphatic heterocycles. The molecule has 0 fully saturated rings. The number of ether oxygens (including phenoxy) is 1. The highest BCUT2D eigenvalue weighted by atomic mass is 35.5. The molecule has 0 spiro atoms. The van der Waals surface area contributed by atoms with Crippen LogP contribution in [0, 0.1) is 0 Å². The summed E-state index contributed by atoms with van der Waals surface area (Å²) in [5, 5.41) is 3.08. The molecule has 1 aromatic carbocycles. The predicted molar refractivity (Wildman–Crippen MR) is 74.6 cm³/mol. The third-order valence-electron chi connectivity index (χ3n) is 2.46. The lowest BCUT2D eigenvalue weighted by Crippen LogP contribution is -2.15. The predicted octanol–water partition coefficient (Wildman–Crippen LogP) is 2.58. The smallest absolute Gasteiger partial charge is 0.276 e. The lowest BCUT2D eigenvalue weighted by molar-refractivity contribution is 0.102. The number of halogens is 1. The maximum Gasteiger partial charge on any atom is 0.276 e. The van der Waals surface area contributed by atoms with E-state index < -0.39 is 0 Å². The van der Waals surface area contributed by atoms with E-state index >= 15 is 0 Å². The quantitative estimate of drug-likeness (QED) is 0.904. The zero-order valence-electron chi connectivity index (χ0n) is 10.2. The van der Waals surface area contributed by atoms with Gasteiger partial charge in [-0.2, -0.15) is 0 Å². The molecule has 1 amide bonds. The Bertz CT molecular complexity index is 617. The van der Waals surface area contributed by atoms with Gasteiger partial charge in [0.1, 0.15) is 5.75 Å². The minimum absolute atomic E-state index is 0.175. The molecular weight excluding hydrogens is 266 g/mol. The van der Waals surface area contributed by atoms with Gasteiger partial charge in [-0.15, -0.1) is 0 Å². The van der Waals surface area contributed by atoms with E-state index in [2.05, 4.69) is 10.3 Å². The van der Waals surface area contributed by atoms with E-state index in [-0.39, 0.29) is 11.6 Å². The van der Waals surface area contributed by atoms with Gasteiger partial charge < -0.3 is 15.8 Å². The van der Waals surface area contributed by atoms with Gasteiger partial charge in [0.15, 0.2) is 5.69 Å². The molecule has 0 atom stereocenters. The summed E-state index contributed by atoms with van der Waals surface area (Å²) in [6, 6.07) is 8.22. The van der Waals surface area contributed by atoms with Gasteiger partial charge in [0.05, 0.1) is 17.8 Å². The van der Waals surface area contributed by atoms with Gasteiger partial charge >= 0.3 is 0 Å². The molecule has 0 bridgehead atoms. The summed E-state index contributed by atoms with van der Waals surface area (Å²) < 4.78 is 5.03. The number of nitrogen functional groups attached to an aromatic ring is 1. The van der Waals surface area contributed by atoms with E-state index in [4.69, 9.17) is 22.1 Å². The number of nitrogens with two attached hydrogens (primary N) is 1. The first-order valence-corrected chi connectivity index (χ1v) is 5.85. The molecule has 3 N–H and O–H groups in total. The number of nitrogens with one attached hydrogen (secondary N) is 1. The molecule has 6 heteroatoms. The SMILES string of the molecule is COc1ccc(NC(=O)c2ncccc2N)cc1Cl. The van der Waals surface area contributed by atoms with Crippen molar-refractivity contribution in [2.45, 2.75) is 0 Å². The van der Waals surface area contributed by atoms with Crippen LogP contribution in [-0.2, 0) is 0 Å². The number of methoxy groups -OCH3 is 1. The highest BCUT2D eigenvalue weighted by molar-refractivity contribution is 6.32. The minimum Gasteiger partial charge on any atom is -0.495 e. The van der Waals surface area contributed by atoms with Crippen molar-refractivity contribution >= 4 is 28.9 Å². The molecule has 0 unspecified atom stereocenters. The first-order chi connectivity index (χ1) is 9.11. The van der Waals surface area contributed by atoms with Gasteiger partial charge in [0.2, 0.25) is 0 Å². The Balaban J connectivity index is 2.20. The van der Waals surface area contributed by atoms with Gasteiger partial charge in [0, 0.05) is 11.9 Å². The van der Waals surface area contributed by atoms with Crippen LogP contribution >= 0.6 is 11.6 Å². The van der Waals surface area contributed by atoms with Crippen LogP contribution in [0.5, 0.6) is 5.75 Å². The van der Waals surface area contributed by atoms with E-state index in [1.807, 2.05) is 0 Å². The average Bonchev–Trinajstić information content (AvgIpc) is 2.39. The molecular formula is C13H12ClN3O2. The second-order valence-electron chi connectivity index (χ2n) is 3.74. The van der Waals surface area contributed by atoms with Crippen molar-refractivity contribution in [3.05, 3.63) is 47.2 Å². The number of carbonyl (C=O) groups is 1. The third kappa shape index (κ3) is 2.95. The number of benzene rings is 1. The molecule has 0 saturated heterocycles. The van der Waals surface area contributed by atoms with Gasteiger partial charge in [-0.3, -0.25) is 4.79 Å². The number of hydrogen-bond donors (Lipinski definition) is 2. The Morgan fingerprint density at radius 1 is 1.42 bits per heavy atom.